The van der Waals surface area contributed by atoms with Gasteiger partial charge in [0, 0.05) is 18.3 Å². The number of aryl methyl sites for hydroxylation is 2. The van der Waals surface area contributed by atoms with Crippen LogP contribution in [0, 0.1) is 13.8 Å². The van der Waals surface area contributed by atoms with Crippen molar-refractivity contribution >= 4 is 0 Å². The molecule has 0 aliphatic carbocycles. The van der Waals surface area contributed by atoms with Gasteiger partial charge in [-0.05, 0) is 32.0 Å². The summed E-state index contributed by atoms with van der Waals surface area (Å²) in [6.07, 6.45) is 3.87. The van der Waals surface area contributed by atoms with E-state index in [1.807, 2.05) is 30.9 Å². The summed E-state index contributed by atoms with van der Waals surface area (Å²) in [7, 11) is 0. The van der Waals surface area contributed by atoms with Crippen molar-refractivity contribution in [3.8, 4) is 0 Å². The fourth-order valence-electron chi connectivity index (χ4n) is 1.81. The molecule has 0 unspecified atom stereocenters. The number of aromatic nitrogens is 2. The monoisotopic (exact) mass is 233 g/mol. The molecular formula is C13H19N3O. The molecular weight excluding hydrogens is 214 g/mol. The van der Waals surface area contributed by atoms with E-state index in [2.05, 4.69) is 23.4 Å². The molecule has 0 saturated heterocycles. The van der Waals surface area contributed by atoms with Crippen molar-refractivity contribution in [1.82, 2.24) is 15.1 Å². The Morgan fingerprint density at radius 1 is 1.41 bits per heavy atom. The quantitative estimate of drug-likeness (QED) is 0.861. The summed E-state index contributed by atoms with van der Waals surface area (Å²) in [6, 6.07) is 2.11. The third-order valence-electron chi connectivity index (χ3n) is 2.72. The van der Waals surface area contributed by atoms with Crippen LogP contribution in [0.1, 0.15) is 29.6 Å². The van der Waals surface area contributed by atoms with E-state index >= 15 is 0 Å². The zero-order valence-corrected chi connectivity index (χ0v) is 10.7. The highest BCUT2D eigenvalue weighted by Gasteiger charge is 2.07. The van der Waals surface area contributed by atoms with Gasteiger partial charge in [0.05, 0.1) is 12.7 Å². The Hall–Kier alpha value is -1.55. The van der Waals surface area contributed by atoms with Crippen molar-refractivity contribution in [3.05, 3.63) is 41.1 Å². The van der Waals surface area contributed by atoms with Crippen LogP contribution >= 0.6 is 0 Å². The molecule has 0 amide bonds. The van der Waals surface area contributed by atoms with Crippen molar-refractivity contribution in [1.29, 1.82) is 0 Å². The maximum absolute atomic E-state index is 5.72. The fraction of sp³-hybridized carbons (Fsp3) is 0.462. The van der Waals surface area contributed by atoms with Crippen molar-refractivity contribution in [2.45, 2.75) is 33.9 Å². The zero-order valence-electron chi connectivity index (χ0n) is 10.7. The Balaban J connectivity index is 2.06. The van der Waals surface area contributed by atoms with E-state index in [1.165, 1.54) is 11.1 Å². The van der Waals surface area contributed by atoms with Crippen LogP contribution in [0.5, 0.6) is 0 Å². The highest BCUT2D eigenvalue weighted by molar-refractivity contribution is 5.21. The smallest absolute Gasteiger partial charge is 0.125 e. The molecule has 2 rings (SSSR count). The van der Waals surface area contributed by atoms with Crippen LogP contribution in [0.15, 0.2) is 22.9 Å². The van der Waals surface area contributed by atoms with E-state index in [4.69, 9.17) is 4.42 Å². The van der Waals surface area contributed by atoms with E-state index in [0.29, 0.717) is 6.54 Å². The van der Waals surface area contributed by atoms with Crippen LogP contribution in [0.4, 0.5) is 0 Å². The molecule has 0 spiro atoms. The van der Waals surface area contributed by atoms with Crippen LogP contribution in [0.3, 0.4) is 0 Å². The molecule has 1 N–H and O–H groups in total. The van der Waals surface area contributed by atoms with Crippen LogP contribution in [-0.2, 0) is 13.1 Å². The highest BCUT2D eigenvalue weighted by Crippen LogP contribution is 2.15. The molecule has 2 aromatic rings. The second-order valence-electron chi connectivity index (χ2n) is 4.29. The van der Waals surface area contributed by atoms with Gasteiger partial charge in [0.25, 0.3) is 0 Å². The number of rotatable bonds is 5. The first-order chi connectivity index (χ1) is 8.19. The Morgan fingerprint density at radius 3 is 2.88 bits per heavy atom. The first-order valence-corrected chi connectivity index (χ1v) is 5.97. The number of furan rings is 1. The molecule has 0 saturated carbocycles. The lowest BCUT2D eigenvalue weighted by molar-refractivity contribution is 0.456. The number of hydrogen-bond donors (Lipinski definition) is 1. The minimum Gasteiger partial charge on any atom is -0.464 e. The van der Waals surface area contributed by atoms with Gasteiger partial charge in [-0.1, -0.05) is 6.92 Å². The first-order valence-electron chi connectivity index (χ1n) is 5.97. The molecule has 4 nitrogen and oxygen atoms in total. The molecule has 92 valence electrons. The standard InChI is InChI=1S/C13H19N3O/c1-4-14-7-12-5-13(17-11(12)3)9-16-8-10(2)6-15-16/h5-6,8,14H,4,7,9H2,1-3H3. The molecule has 0 radical (unpaired) electrons. The molecule has 4 heteroatoms. The van der Waals surface area contributed by atoms with Gasteiger partial charge < -0.3 is 9.73 Å². The van der Waals surface area contributed by atoms with Crippen LogP contribution < -0.4 is 5.32 Å². The summed E-state index contributed by atoms with van der Waals surface area (Å²) in [5, 5.41) is 7.56. The van der Waals surface area contributed by atoms with Gasteiger partial charge in [0.1, 0.15) is 11.5 Å². The predicted molar refractivity (Wildman–Crippen MR) is 66.9 cm³/mol. The second kappa shape index (κ2) is 5.19. The van der Waals surface area contributed by atoms with E-state index in [0.717, 1.165) is 24.6 Å². The number of nitrogens with one attached hydrogen (secondary N) is 1. The van der Waals surface area contributed by atoms with Gasteiger partial charge in [-0.2, -0.15) is 5.10 Å². The summed E-state index contributed by atoms with van der Waals surface area (Å²) < 4.78 is 7.62. The van der Waals surface area contributed by atoms with Crippen LogP contribution in [0.2, 0.25) is 0 Å². The predicted octanol–water partition coefficient (Wildman–Crippen LogP) is 2.25. The highest BCUT2D eigenvalue weighted by atomic mass is 16.3. The Kier molecular flexibility index (Phi) is 3.64. The molecule has 17 heavy (non-hydrogen) atoms. The van der Waals surface area contributed by atoms with E-state index < -0.39 is 0 Å². The van der Waals surface area contributed by atoms with Gasteiger partial charge in [-0.15, -0.1) is 0 Å². The maximum Gasteiger partial charge on any atom is 0.125 e. The average Bonchev–Trinajstić information content (AvgIpc) is 2.83. The van der Waals surface area contributed by atoms with Crippen molar-refractivity contribution in [3.63, 3.8) is 0 Å². The maximum atomic E-state index is 5.72. The SMILES string of the molecule is CCNCc1cc(Cn2cc(C)cn2)oc1C. The molecule has 0 aliphatic rings. The lowest BCUT2D eigenvalue weighted by atomic mass is 10.2. The largest absolute Gasteiger partial charge is 0.464 e. The van der Waals surface area contributed by atoms with E-state index in [9.17, 15) is 0 Å². The molecule has 0 fully saturated rings. The van der Waals surface area contributed by atoms with Gasteiger partial charge in [-0.25, -0.2) is 0 Å². The van der Waals surface area contributed by atoms with Gasteiger partial charge in [0.15, 0.2) is 0 Å². The number of nitrogens with zero attached hydrogens (tertiary/aromatic N) is 2. The minimum absolute atomic E-state index is 0.695. The molecule has 0 atom stereocenters. The molecule has 2 heterocycles. The van der Waals surface area contributed by atoms with E-state index in [-0.39, 0.29) is 0 Å². The zero-order chi connectivity index (χ0) is 12.3. The summed E-state index contributed by atoms with van der Waals surface area (Å²) in [4.78, 5) is 0. The van der Waals surface area contributed by atoms with Gasteiger partial charge in [0.2, 0.25) is 0 Å². The lowest BCUT2D eigenvalue weighted by Crippen LogP contribution is -2.11. The summed E-state index contributed by atoms with van der Waals surface area (Å²) in [6.45, 7) is 8.67. The van der Waals surface area contributed by atoms with Gasteiger partial charge in [-0.3, -0.25) is 4.68 Å². The number of hydrogen-bond acceptors (Lipinski definition) is 3. The topological polar surface area (TPSA) is 43.0 Å². The van der Waals surface area contributed by atoms with E-state index in [1.54, 1.807) is 0 Å². The van der Waals surface area contributed by atoms with Crippen molar-refractivity contribution < 1.29 is 4.42 Å². The summed E-state index contributed by atoms with van der Waals surface area (Å²) in [5.41, 5.74) is 2.40. The van der Waals surface area contributed by atoms with Gasteiger partial charge >= 0.3 is 0 Å². The molecule has 2 aromatic heterocycles. The fourth-order valence-corrected chi connectivity index (χ4v) is 1.81. The third-order valence-corrected chi connectivity index (χ3v) is 2.72. The lowest BCUT2D eigenvalue weighted by Gasteiger charge is -1.97. The van der Waals surface area contributed by atoms with Crippen LogP contribution in [0.25, 0.3) is 0 Å². The molecule has 0 aromatic carbocycles. The summed E-state index contributed by atoms with van der Waals surface area (Å²) >= 11 is 0. The normalized spacial score (nSPS) is 11.0. The Morgan fingerprint density at radius 2 is 2.24 bits per heavy atom. The average molecular weight is 233 g/mol. The van der Waals surface area contributed by atoms with Crippen molar-refractivity contribution in [2.24, 2.45) is 0 Å². The Bertz CT molecular complexity index is 485. The minimum atomic E-state index is 0.695. The van der Waals surface area contributed by atoms with Crippen LogP contribution in [-0.4, -0.2) is 16.3 Å². The summed E-state index contributed by atoms with van der Waals surface area (Å²) in [5.74, 6) is 1.95. The Labute approximate surface area is 102 Å². The molecule has 0 aliphatic heterocycles. The van der Waals surface area contributed by atoms with Crippen molar-refractivity contribution in [2.75, 3.05) is 6.54 Å². The first kappa shape index (κ1) is 11.9. The third kappa shape index (κ3) is 2.97. The second-order valence-corrected chi connectivity index (χ2v) is 4.29. The molecule has 0 bridgehead atoms.